The highest BCUT2D eigenvalue weighted by Crippen LogP contribution is 2.33. The number of phenols is 4. The second-order valence-corrected chi connectivity index (χ2v) is 5.10. The maximum absolute atomic E-state index is 12.1. The molecule has 0 atom stereocenters. The summed E-state index contributed by atoms with van der Waals surface area (Å²) in [5.41, 5.74) is 0.360. The number of ketones is 1. The van der Waals surface area contributed by atoms with E-state index >= 15 is 0 Å². The summed E-state index contributed by atoms with van der Waals surface area (Å²) in [6.07, 6.45) is -0.0647. The first-order valence-electron chi connectivity index (χ1n) is 5.64. The molecule has 0 aromatic heterocycles. The average molecular weight is 339 g/mol. The monoisotopic (exact) mass is 338 g/mol. The Bertz CT molecular complexity index is 658. The molecule has 0 amide bonds. The third kappa shape index (κ3) is 2.85. The summed E-state index contributed by atoms with van der Waals surface area (Å²) in [6.45, 7) is 0. The van der Waals surface area contributed by atoms with Crippen molar-refractivity contribution in [1.82, 2.24) is 0 Å². The van der Waals surface area contributed by atoms with E-state index in [0.717, 1.165) is 12.1 Å². The van der Waals surface area contributed by atoms with Crippen LogP contribution in [0, 0.1) is 0 Å². The van der Waals surface area contributed by atoms with Gasteiger partial charge in [-0.3, -0.25) is 4.79 Å². The fraction of sp³-hybridized carbons (Fsp3) is 0.0714. The van der Waals surface area contributed by atoms with Gasteiger partial charge in [-0.25, -0.2) is 0 Å². The molecule has 0 aliphatic carbocycles. The highest BCUT2D eigenvalue weighted by Gasteiger charge is 2.18. The zero-order valence-electron chi connectivity index (χ0n) is 10.2. The summed E-state index contributed by atoms with van der Waals surface area (Å²) < 4.78 is 0.446. The lowest BCUT2D eigenvalue weighted by Crippen LogP contribution is -2.04. The Morgan fingerprint density at radius 1 is 0.950 bits per heavy atom. The number of phenolic OH excluding ortho intramolecular Hbond substituents is 4. The average Bonchev–Trinajstić information content (AvgIpc) is 2.32. The topological polar surface area (TPSA) is 98.0 Å². The number of benzene rings is 2. The van der Waals surface area contributed by atoms with Crippen LogP contribution >= 0.6 is 15.9 Å². The number of hydrogen-bond donors (Lipinski definition) is 4. The molecular weight excluding hydrogens is 328 g/mol. The van der Waals surface area contributed by atoms with Crippen LogP contribution in [-0.4, -0.2) is 26.2 Å². The van der Waals surface area contributed by atoms with Crippen LogP contribution in [0.25, 0.3) is 0 Å². The molecule has 20 heavy (non-hydrogen) atoms. The Labute approximate surface area is 122 Å². The minimum atomic E-state index is -0.502. The highest BCUT2D eigenvalue weighted by atomic mass is 79.9. The van der Waals surface area contributed by atoms with Gasteiger partial charge >= 0.3 is 0 Å². The van der Waals surface area contributed by atoms with Gasteiger partial charge in [0, 0.05) is 18.6 Å². The van der Waals surface area contributed by atoms with E-state index < -0.39 is 17.3 Å². The zero-order chi connectivity index (χ0) is 14.9. The standard InChI is InChI=1S/C14H11BrO5/c15-9-3-7(1-2-10(9)17)4-11(18)14-12(19)5-8(16)6-13(14)20/h1-3,5-6,16-17,19-20H,4H2. The molecule has 0 heterocycles. The molecule has 0 saturated carbocycles. The molecule has 0 aliphatic rings. The molecule has 2 aromatic rings. The van der Waals surface area contributed by atoms with Crippen molar-refractivity contribution in [2.45, 2.75) is 6.42 Å². The van der Waals surface area contributed by atoms with Gasteiger partial charge in [-0.2, -0.15) is 0 Å². The maximum Gasteiger partial charge on any atom is 0.174 e. The number of aromatic hydroxyl groups is 4. The Balaban J connectivity index is 2.31. The van der Waals surface area contributed by atoms with Crippen LogP contribution in [-0.2, 0) is 6.42 Å². The van der Waals surface area contributed by atoms with Gasteiger partial charge in [0.15, 0.2) is 5.78 Å². The third-order valence-corrected chi connectivity index (χ3v) is 3.37. The molecule has 6 heteroatoms. The lowest BCUT2D eigenvalue weighted by Gasteiger charge is -2.08. The number of carbonyl (C=O) groups is 1. The van der Waals surface area contributed by atoms with E-state index in [0.29, 0.717) is 10.0 Å². The van der Waals surface area contributed by atoms with Crippen molar-refractivity contribution in [2.24, 2.45) is 0 Å². The van der Waals surface area contributed by atoms with Gasteiger partial charge in [0.2, 0.25) is 0 Å². The van der Waals surface area contributed by atoms with Crippen LogP contribution in [0.5, 0.6) is 23.0 Å². The quantitative estimate of drug-likeness (QED) is 0.645. The van der Waals surface area contributed by atoms with Crippen molar-refractivity contribution in [3.63, 3.8) is 0 Å². The van der Waals surface area contributed by atoms with Gasteiger partial charge in [-0.05, 0) is 33.6 Å². The lowest BCUT2D eigenvalue weighted by atomic mass is 10.0. The molecule has 104 valence electrons. The minimum Gasteiger partial charge on any atom is -0.508 e. The first-order chi connectivity index (χ1) is 9.38. The predicted octanol–water partition coefficient (Wildman–Crippen LogP) is 2.70. The SMILES string of the molecule is O=C(Cc1ccc(O)c(Br)c1)c1c(O)cc(O)cc1O. The molecule has 2 aromatic carbocycles. The summed E-state index contributed by atoms with van der Waals surface area (Å²) in [5.74, 6) is -1.74. The van der Waals surface area contributed by atoms with Crippen LogP contribution in [0.15, 0.2) is 34.8 Å². The van der Waals surface area contributed by atoms with Gasteiger partial charge < -0.3 is 20.4 Å². The third-order valence-electron chi connectivity index (χ3n) is 2.74. The van der Waals surface area contributed by atoms with Gasteiger partial charge in [0.05, 0.1) is 4.47 Å². The van der Waals surface area contributed by atoms with Crippen molar-refractivity contribution in [2.75, 3.05) is 0 Å². The van der Waals surface area contributed by atoms with E-state index in [-0.39, 0.29) is 23.5 Å². The first-order valence-corrected chi connectivity index (χ1v) is 6.43. The Kier molecular flexibility index (Phi) is 3.85. The Hall–Kier alpha value is -2.21. The number of halogens is 1. The second kappa shape index (κ2) is 5.42. The van der Waals surface area contributed by atoms with Gasteiger partial charge in [-0.15, -0.1) is 0 Å². The van der Waals surface area contributed by atoms with Crippen molar-refractivity contribution in [1.29, 1.82) is 0 Å². The number of hydrogen-bond acceptors (Lipinski definition) is 5. The van der Waals surface area contributed by atoms with Gasteiger partial charge in [0.1, 0.15) is 28.6 Å². The molecule has 0 spiro atoms. The molecule has 0 saturated heterocycles. The summed E-state index contributed by atoms with van der Waals surface area (Å²) in [5, 5.41) is 37.8. The smallest absolute Gasteiger partial charge is 0.174 e. The van der Waals surface area contributed by atoms with E-state index in [2.05, 4.69) is 15.9 Å². The van der Waals surface area contributed by atoms with Crippen molar-refractivity contribution in [3.8, 4) is 23.0 Å². The first kappa shape index (κ1) is 14.2. The van der Waals surface area contributed by atoms with E-state index in [4.69, 9.17) is 0 Å². The van der Waals surface area contributed by atoms with Crippen molar-refractivity contribution < 1.29 is 25.2 Å². The summed E-state index contributed by atoms with van der Waals surface area (Å²) in [4.78, 5) is 12.1. The molecule has 0 radical (unpaired) electrons. The van der Waals surface area contributed by atoms with E-state index in [9.17, 15) is 25.2 Å². The fourth-order valence-electron chi connectivity index (χ4n) is 1.82. The van der Waals surface area contributed by atoms with Crippen LogP contribution in [0.4, 0.5) is 0 Å². The van der Waals surface area contributed by atoms with E-state index in [1.165, 1.54) is 6.07 Å². The Morgan fingerprint density at radius 2 is 1.55 bits per heavy atom. The molecule has 4 N–H and O–H groups in total. The van der Waals surface area contributed by atoms with Crippen LogP contribution < -0.4 is 0 Å². The summed E-state index contributed by atoms with van der Waals surface area (Å²) >= 11 is 3.14. The van der Waals surface area contributed by atoms with Gasteiger partial charge in [0.25, 0.3) is 0 Å². The minimum absolute atomic E-state index is 0.0523. The van der Waals surface area contributed by atoms with Crippen LogP contribution in [0.2, 0.25) is 0 Å². The number of Topliss-reactive ketones (excluding diaryl/α,β-unsaturated/α-hetero) is 1. The fourth-order valence-corrected chi connectivity index (χ4v) is 2.24. The highest BCUT2D eigenvalue weighted by molar-refractivity contribution is 9.10. The molecular formula is C14H11BrO5. The summed E-state index contributed by atoms with van der Waals surface area (Å²) in [7, 11) is 0. The van der Waals surface area contributed by atoms with Crippen LogP contribution in [0.3, 0.4) is 0 Å². The van der Waals surface area contributed by atoms with Gasteiger partial charge in [-0.1, -0.05) is 6.07 Å². The molecule has 0 bridgehead atoms. The molecule has 0 unspecified atom stereocenters. The normalized spacial score (nSPS) is 10.4. The molecule has 0 aliphatic heterocycles. The second-order valence-electron chi connectivity index (χ2n) is 4.24. The predicted molar refractivity (Wildman–Crippen MR) is 75.3 cm³/mol. The van der Waals surface area contributed by atoms with E-state index in [1.807, 2.05) is 0 Å². The zero-order valence-corrected chi connectivity index (χ0v) is 11.8. The van der Waals surface area contributed by atoms with E-state index in [1.54, 1.807) is 12.1 Å². The lowest BCUT2D eigenvalue weighted by molar-refractivity contribution is 0.0987. The Morgan fingerprint density at radius 3 is 2.10 bits per heavy atom. The maximum atomic E-state index is 12.1. The molecule has 5 nitrogen and oxygen atoms in total. The van der Waals surface area contributed by atoms with Crippen molar-refractivity contribution >= 4 is 21.7 Å². The summed E-state index contributed by atoms with van der Waals surface area (Å²) in [6, 6.07) is 6.54. The number of rotatable bonds is 3. The van der Waals surface area contributed by atoms with Crippen LogP contribution in [0.1, 0.15) is 15.9 Å². The van der Waals surface area contributed by atoms with Crippen molar-refractivity contribution in [3.05, 3.63) is 45.9 Å². The molecule has 0 fully saturated rings. The largest absolute Gasteiger partial charge is 0.508 e. The number of carbonyl (C=O) groups excluding carboxylic acids is 1. The molecule has 2 rings (SSSR count).